The molecule has 3 rings (SSSR count). The van der Waals surface area contributed by atoms with Crippen LogP contribution in [0, 0.1) is 23.2 Å². The molecular weight excluding hydrogens is 260 g/mol. The average molecular weight is 282 g/mol. The van der Waals surface area contributed by atoms with Crippen LogP contribution < -0.4 is 0 Å². The van der Waals surface area contributed by atoms with Crippen LogP contribution in [0.2, 0.25) is 0 Å². The topological polar surface area (TPSA) is 87.0 Å². The molecule has 0 radical (unpaired) electrons. The van der Waals surface area contributed by atoms with Gasteiger partial charge in [0.05, 0.1) is 24.2 Å². The quantitative estimate of drug-likeness (QED) is 0.437. The van der Waals surface area contributed by atoms with Crippen molar-refractivity contribution in [2.24, 2.45) is 23.2 Å². The highest BCUT2D eigenvalue weighted by molar-refractivity contribution is 5.91. The number of fused-ring (bicyclic) bond motifs is 2. The lowest BCUT2D eigenvalue weighted by Crippen LogP contribution is -2.49. The Kier molecular flexibility index (Phi) is 3.01. The van der Waals surface area contributed by atoms with Gasteiger partial charge in [-0.2, -0.15) is 0 Å². The van der Waals surface area contributed by atoms with Crippen LogP contribution in [0.3, 0.4) is 0 Å². The van der Waals surface area contributed by atoms with Gasteiger partial charge < -0.3 is 20.1 Å². The zero-order valence-corrected chi connectivity index (χ0v) is 11.8. The van der Waals surface area contributed by atoms with Crippen molar-refractivity contribution in [3.8, 4) is 0 Å². The lowest BCUT2D eigenvalue weighted by atomic mass is 9.67. The maximum absolute atomic E-state index is 11.7. The molecule has 0 unspecified atom stereocenters. The zero-order chi connectivity index (χ0) is 14.8. The summed E-state index contributed by atoms with van der Waals surface area (Å²) in [7, 11) is 0. The fourth-order valence-corrected chi connectivity index (χ4v) is 4.79. The second kappa shape index (κ2) is 4.29. The summed E-state index contributed by atoms with van der Waals surface area (Å²) in [5.74, 6) is -1.10. The lowest BCUT2D eigenvalue weighted by molar-refractivity contribution is -0.140. The monoisotopic (exact) mass is 282 g/mol. The van der Waals surface area contributed by atoms with E-state index in [1.54, 1.807) is 6.92 Å². The van der Waals surface area contributed by atoms with Gasteiger partial charge in [-0.3, -0.25) is 0 Å². The summed E-state index contributed by atoms with van der Waals surface area (Å²) in [5.41, 5.74) is -0.556. The summed E-state index contributed by atoms with van der Waals surface area (Å²) < 4.78 is 5.32. The molecule has 0 aromatic rings. The molecule has 3 N–H and O–H groups in total. The van der Waals surface area contributed by atoms with E-state index in [1.807, 2.05) is 6.92 Å². The van der Waals surface area contributed by atoms with Gasteiger partial charge in [0.25, 0.3) is 0 Å². The van der Waals surface area contributed by atoms with Crippen molar-refractivity contribution in [3.63, 3.8) is 0 Å². The minimum Gasteiger partial charge on any atom is -0.458 e. The molecule has 2 aliphatic carbocycles. The standard InChI is InChI=1S/C15H22O5/c1-6-4-9-11(7(2)14(19)20-9)13(18)15(3)10(17)5-8(16)12(6)15/h6,8-13,16-18H,2,4-5H2,1,3H3/t6-,8+,9-,10-,11+,12+,13-,15+/m0/s1. The van der Waals surface area contributed by atoms with Crippen molar-refractivity contribution in [1.29, 1.82) is 0 Å². The Hall–Kier alpha value is -0.910. The number of ether oxygens (including phenoxy) is 1. The van der Waals surface area contributed by atoms with Gasteiger partial charge in [-0.25, -0.2) is 4.79 Å². The van der Waals surface area contributed by atoms with E-state index in [0.717, 1.165) is 0 Å². The highest BCUT2D eigenvalue weighted by Crippen LogP contribution is 2.56. The predicted molar refractivity (Wildman–Crippen MR) is 70.5 cm³/mol. The maximum Gasteiger partial charge on any atom is 0.334 e. The first-order valence-corrected chi connectivity index (χ1v) is 7.22. The van der Waals surface area contributed by atoms with Gasteiger partial charge in [0, 0.05) is 17.4 Å². The first-order chi connectivity index (χ1) is 9.28. The van der Waals surface area contributed by atoms with Crippen molar-refractivity contribution >= 4 is 5.97 Å². The smallest absolute Gasteiger partial charge is 0.334 e. The molecule has 8 atom stereocenters. The number of hydrogen-bond acceptors (Lipinski definition) is 5. The molecule has 0 bridgehead atoms. The molecule has 2 saturated carbocycles. The lowest BCUT2D eigenvalue weighted by Gasteiger charge is -2.41. The van der Waals surface area contributed by atoms with Crippen LogP contribution in [0.25, 0.3) is 0 Å². The molecule has 5 heteroatoms. The molecule has 0 amide bonds. The highest BCUT2D eigenvalue weighted by atomic mass is 16.6. The predicted octanol–water partition coefficient (Wildman–Crippen LogP) is 0.233. The molecule has 0 aromatic carbocycles. The van der Waals surface area contributed by atoms with Crippen molar-refractivity contribution < 1.29 is 24.9 Å². The van der Waals surface area contributed by atoms with E-state index in [9.17, 15) is 20.1 Å². The van der Waals surface area contributed by atoms with Crippen LogP contribution in [0.4, 0.5) is 0 Å². The van der Waals surface area contributed by atoms with Gasteiger partial charge >= 0.3 is 5.97 Å². The Morgan fingerprint density at radius 2 is 1.95 bits per heavy atom. The third-order valence-electron chi connectivity index (χ3n) is 5.83. The van der Waals surface area contributed by atoms with Gasteiger partial charge in [-0.05, 0) is 18.3 Å². The van der Waals surface area contributed by atoms with E-state index >= 15 is 0 Å². The van der Waals surface area contributed by atoms with Gasteiger partial charge in [-0.1, -0.05) is 20.4 Å². The number of carbonyl (C=O) groups is 1. The largest absolute Gasteiger partial charge is 0.458 e. The second-order valence-electron chi connectivity index (χ2n) is 6.86. The van der Waals surface area contributed by atoms with Crippen molar-refractivity contribution in [2.45, 2.75) is 51.1 Å². The number of rotatable bonds is 0. The number of aliphatic hydroxyl groups excluding tert-OH is 3. The Morgan fingerprint density at radius 3 is 2.60 bits per heavy atom. The summed E-state index contributed by atoms with van der Waals surface area (Å²) in [6.07, 6.45) is -1.92. The molecule has 20 heavy (non-hydrogen) atoms. The fourth-order valence-electron chi connectivity index (χ4n) is 4.79. The summed E-state index contributed by atoms with van der Waals surface area (Å²) in [6.45, 7) is 7.53. The Morgan fingerprint density at radius 1 is 1.30 bits per heavy atom. The molecule has 1 heterocycles. The highest BCUT2D eigenvalue weighted by Gasteiger charge is 2.63. The SMILES string of the molecule is C=C1C(=O)O[C@H]2C[C@H](C)[C@@H]3[C@H](O)C[C@H](O)[C@@]3(C)[C@@H](O)[C@H]12. The van der Waals surface area contributed by atoms with Crippen LogP contribution in [0.5, 0.6) is 0 Å². The Bertz CT molecular complexity index is 461. The summed E-state index contributed by atoms with van der Waals surface area (Å²) in [5, 5.41) is 31.4. The molecule has 0 aromatic heterocycles. The fraction of sp³-hybridized carbons (Fsp3) is 0.800. The summed E-state index contributed by atoms with van der Waals surface area (Å²) in [6, 6.07) is 0. The van der Waals surface area contributed by atoms with E-state index in [0.29, 0.717) is 6.42 Å². The van der Waals surface area contributed by atoms with E-state index in [1.165, 1.54) is 0 Å². The minimum absolute atomic E-state index is 0.0514. The number of carbonyl (C=O) groups excluding carboxylic acids is 1. The van der Waals surface area contributed by atoms with Gasteiger partial charge in [-0.15, -0.1) is 0 Å². The van der Waals surface area contributed by atoms with E-state index < -0.39 is 41.7 Å². The Labute approximate surface area is 118 Å². The van der Waals surface area contributed by atoms with Gasteiger partial charge in [0.2, 0.25) is 0 Å². The van der Waals surface area contributed by atoms with E-state index in [2.05, 4.69) is 6.58 Å². The molecule has 5 nitrogen and oxygen atoms in total. The molecule has 112 valence electrons. The summed E-state index contributed by atoms with van der Waals surface area (Å²) >= 11 is 0. The molecule has 1 aliphatic heterocycles. The molecule has 1 saturated heterocycles. The van der Waals surface area contributed by atoms with Crippen molar-refractivity contribution in [3.05, 3.63) is 12.2 Å². The van der Waals surface area contributed by atoms with Crippen LogP contribution in [0.1, 0.15) is 26.7 Å². The van der Waals surface area contributed by atoms with Gasteiger partial charge in [0.15, 0.2) is 0 Å². The average Bonchev–Trinajstić information content (AvgIpc) is 2.72. The van der Waals surface area contributed by atoms with E-state index in [4.69, 9.17) is 4.74 Å². The van der Waals surface area contributed by atoms with Crippen LogP contribution >= 0.6 is 0 Å². The zero-order valence-electron chi connectivity index (χ0n) is 11.8. The normalized spacial score (nSPS) is 55.1. The van der Waals surface area contributed by atoms with Crippen molar-refractivity contribution in [1.82, 2.24) is 0 Å². The minimum atomic E-state index is -0.937. The second-order valence-corrected chi connectivity index (χ2v) is 6.86. The maximum atomic E-state index is 11.7. The van der Waals surface area contributed by atoms with Crippen LogP contribution in [-0.4, -0.2) is 45.7 Å². The molecule has 0 spiro atoms. The van der Waals surface area contributed by atoms with Crippen LogP contribution in [-0.2, 0) is 9.53 Å². The van der Waals surface area contributed by atoms with Crippen LogP contribution in [0.15, 0.2) is 12.2 Å². The number of aliphatic hydroxyl groups is 3. The molecule has 3 fully saturated rings. The molecule has 3 aliphatic rings. The summed E-state index contributed by atoms with van der Waals surface area (Å²) in [4.78, 5) is 11.7. The number of esters is 1. The Balaban J connectivity index is 2.06. The number of hydrogen-bond donors (Lipinski definition) is 3. The molecular formula is C15H22O5. The first kappa shape index (κ1) is 14.0. The third-order valence-corrected chi connectivity index (χ3v) is 5.83. The van der Waals surface area contributed by atoms with Gasteiger partial charge in [0.1, 0.15) is 6.10 Å². The van der Waals surface area contributed by atoms with Crippen molar-refractivity contribution in [2.75, 3.05) is 0 Å². The third kappa shape index (κ3) is 1.57. The first-order valence-electron chi connectivity index (χ1n) is 7.22. The van der Waals surface area contributed by atoms with E-state index in [-0.39, 0.29) is 23.8 Å².